The standard InChI is InChI=1S/C23H21N3O8S/c1-32-19-10-8-15(13-20(19)33-2)12-18(25-22(27)16-6-4-3-5-7-16)23(28)26-24-14-17-9-11-21(34-17)35(29,30)31/h3-14H,1-2H3,(H,25,27)(H,26,28)(H,29,30,31)/p-1/b18-12+,24-14-. The van der Waals surface area contributed by atoms with Crippen LogP contribution < -0.4 is 20.2 Å². The van der Waals surface area contributed by atoms with Crippen molar-refractivity contribution in [2.45, 2.75) is 5.09 Å². The summed E-state index contributed by atoms with van der Waals surface area (Å²) in [5.74, 6) is -0.517. The van der Waals surface area contributed by atoms with Gasteiger partial charge in [0, 0.05) is 5.56 Å². The van der Waals surface area contributed by atoms with Gasteiger partial charge < -0.3 is 23.8 Å². The summed E-state index contributed by atoms with van der Waals surface area (Å²) < 4.78 is 48.2. The van der Waals surface area contributed by atoms with E-state index in [1.54, 1.807) is 48.5 Å². The quantitative estimate of drug-likeness (QED) is 0.196. The van der Waals surface area contributed by atoms with Crippen LogP contribution in [0.25, 0.3) is 6.08 Å². The van der Waals surface area contributed by atoms with Crippen molar-refractivity contribution < 1.29 is 36.5 Å². The normalized spacial score (nSPS) is 11.8. The molecule has 3 aromatic rings. The van der Waals surface area contributed by atoms with Crippen LogP contribution >= 0.6 is 0 Å². The Hall–Kier alpha value is -4.42. The van der Waals surface area contributed by atoms with E-state index in [4.69, 9.17) is 13.9 Å². The van der Waals surface area contributed by atoms with E-state index < -0.39 is 27.0 Å². The van der Waals surface area contributed by atoms with Gasteiger partial charge in [-0.2, -0.15) is 5.10 Å². The van der Waals surface area contributed by atoms with Crippen LogP contribution in [0.2, 0.25) is 0 Å². The number of amides is 2. The molecular weight excluding hydrogens is 478 g/mol. The number of nitrogens with zero attached hydrogens (tertiary/aromatic N) is 1. The van der Waals surface area contributed by atoms with Crippen LogP contribution in [0.3, 0.4) is 0 Å². The summed E-state index contributed by atoms with van der Waals surface area (Å²) in [6.45, 7) is 0. The predicted octanol–water partition coefficient (Wildman–Crippen LogP) is 2.12. The molecule has 2 aromatic carbocycles. The Balaban J connectivity index is 1.85. The minimum atomic E-state index is -4.76. The second kappa shape index (κ2) is 11.1. The van der Waals surface area contributed by atoms with E-state index in [0.29, 0.717) is 22.6 Å². The number of methoxy groups -OCH3 is 2. The number of nitrogens with one attached hydrogen (secondary N) is 2. The van der Waals surface area contributed by atoms with Gasteiger partial charge in [0.05, 0.1) is 20.4 Å². The van der Waals surface area contributed by atoms with Crippen LogP contribution in [0.5, 0.6) is 11.5 Å². The predicted molar refractivity (Wildman–Crippen MR) is 124 cm³/mol. The van der Waals surface area contributed by atoms with Crippen molar-refractivity contribution in [3.63, 3.8) is 0 Å². The van der Waals surface area contributed by atoms with Gasteiger partial charge in [-0.1, -0.05) is 24.3 Å². The molecule has 3 rings (SSSR count). The summed E-state index contributed by atoms with van der Waals surface area (Å²) in [5, 5.41) is 5.45. The van der Waals surface area contributed by atoms with Crippen LogP contribution in [0.15, 0.2) is 81.0 Å². The number of carbonyl (C=O) groups excluding carboxylic acids is 2. The highest BCUT2D eigenvalue weighted by Crippen LogP contribution is 2.28. The summed E-state index contributed by atoms with van der Waals surface area (Å²) in [6.07, 6.45) is 2.41. The minimum absolute atomic E-state index is 0.0848. The smallest absolute Gasteiger partial charge is 0.287 e. The van der Waals surface area contributed by atoms with Crippen LogP contribution in [-0.2, 0) is 14.9 Å². The van der Waals surface area contributed by atoms with E-state index in [2.05, 4.69) is 15.8 Å². The van der Waals surface area contributed by atoms with Gasteiger partial charge in [-0.3, -0.25) is 9.59 Å². The van der Waals surface area contributed by atoms with Crippen LogP contribution in [0.4, 0.5) is 0 Å². The molecule has 2 amide bonds. The molecule has 0 aliphatic rings. The van der Waals surface area contributed by atoms with Gasteiger partial charge in [-0.05, 0) is 48.0 Å². The summed E-state index contributed by atoms with van der Waals surface area (Å²) >= 11 is 0. The molecule has 0 fully saturated rings. The number of hydrazone groups is 1. The number of carbonyl (C=O) groups is 2. The highest BCUT2D eigenvalue weighted by Gasteiger charge is 2.15. The second-order valence-corrected chi connectivity index (χ2v) is 8.11. The molecule has 1 aromatic heterocycles. The number of benzene rings is 2. The lowest BCUT2D eigenvalue weighted by Crippen LogP contribution is -2.32. The number of hydrogen-bond acceptors (Lipinski definition) is 9. The van der Waals surface area contributed by atoms with Crippen molar-refractivity contribution in [2.75, 3.05) is 14.2 Å². The third kappa shape index (κ3) is 6.79. The average molecular weight is 498 g/mol. The van der Waals surface area contributed by atoms with E-state index in [-0.39, 0.29) is 11.5 Å². The first-order valence-corrected chi connectivity index (χ1v) is 11.3. The van der Waals surface area contributed by atoms with Gasteiger partial charge in [0.2, 0.25) is 5.09 Å². The monoisotopic (exact) mass is 498 g/mol. The van der Waals surface area contributed by atoms with E-state index >= 15 is 0 Å². The maximum atomic E-state index is 12.8. The molecule has 0 unspecified atom stereocenters. The Morgan fingerprint density at radius 1 is 1.00 bits per heavy atom. The van der Waals surface area contributed by atoms with Crippen LogP contribution in [0, 0.1) is 0 Å². The Morgan fingerprint density at radius 2 is 1.71 bits per heavy atom. The number of rotatable bonds is 9. The van der Waals surface area contributed by atoms with Crippen molar-refractivity contribution >= 4 is 34.2 Å². The Kier molecular flexibility index (Phi) is 8.02. The fourth-order valence-corrected chi connectivity index (χ4v) is 3.24. The van der Waals surface area contributed by atoms with Gasteiger partial charge in [0.25, 0.3) is 11.8 Å². The zero-order chi connectivity index (χ0) is 25.4. The lowest BCUT2D eigenvalue weighted by molar-refractivity contribution is -0.117. The first kappa shape index (κ1) is 25.2. The van der Waals surface area contributed by atoms with E-state index in [0.717, 1.165) is 12.3 Å². The fraction of sp³-hybridized carbons (Fsp3) is 0.0870. The fourth-order valence-electron chi connectivity index (χ4n) is 2.80. The van der Waals surface area contributed by atoms with E-state index in [9.17, 15) is 22.6 Å². The Labute approximate surface area is 200 Å². The average Bonchev–Trinajstić information content (AvgIpc) is 3.33. The highest BCUT2D eigenvalue weighted by molar-refractivity contribution is 7.85. The summed E-state index contributed by atoms with van der Waals surface area (Å²) in [7, 11) is -1.82. The molecule has 0 radical (unpaired) electrons. The zero-order valence-electron chi connectivity index (χ0n) is 18.5. The second-order valence-electron chi connectivity index (χ2n) is 6.80. The highest BCUT2D eigenvalue weighted by atomic mass is 32.2. The van der Waals surface area contributed by atoms with Crippen LogP contribution in [0.1, 0.15) is 21.7 Å². The van der Waals surface area contributed by atoms with Gasteiger partial charge in [-0.25, -0.2) is 13.8 Å². The molecule has 2 N–H and O–H groups in total. The maximum absolute atomic E-state index is 12.8. The van der Waals surface area contributed by atoms with Crippen molar-refractivity contribution in [3.8, 4) is 11.5 Å². The first-order valence-electron chi connectivity index (χ1n) is 9.90. The molecule has 35 heavy (non-hydrogen) atoms. The maximum Gasteiger partial charge on any atom is 0.287 e. The molecule has 0 saturated carbocycles. The SMILES string of the molecule is COc1ccc(/C=C(/NC(=O)c2ccccc2)C(=O)N/N=C\c2ccc(S(=O)(=O)[O-])o2)cc1OC. The van der Waals surface area contributed by atoms with Gasteiger partial charge in [0.15, 0.2) is 21.6 Å². The number of ether oxygens (including phenoxy) is 2. The molecule has 0 saturated heterocycles. The lowest BCUT2D eigenvalue weighted by atomic mass is 10.1. The third-order valence-corrected chi connectivity index (χ3v) is 5.17. The van der Waals surface area contributed by atoms with Crippen LogP contribution in [-0.4, -0.2) is 45.2 Å². The zero-order valence-corrected chi connectivity index (χ0v) is 19.4. The minimum Gasteiger partial charge on any atom is -0.742 e. The molecule has 0 bridgehead atoms. The Morgan fingerprint density at radius 3 is 2.34 bits per heavy atom. The number of furan rings is 1. The molecule has 0 atom stereocenters. The molecule has 1 heterocycles. The van der Waals surface area contributed by atoms with Gasteiger partial charge in [0.1, 0.15) is 11.5 Å². The summed E-state index contributed by atoms with van der Waals surface area (Å²) in [6, 6.07) is 15.3. The van der Waals surface area contributed by atoms with Gasteiger partial charge in [-0.15, -0.1) is 0 Å². The van der Waals surface area contributed by atoms with Crippen molar-refractivity contribution in [1.29, 1.82) is 0 Å². The largest absolute Gasteiger partial charge is 0.742 e. The third-order valence-electron chi connectivity index (χ3n) is 4.45. The van der Waals surface area contributed by atoms with Crippen molar-refractivity contribution in [3.05, 3.63) is 83.2 Å². The molecule has 0 aliphatic heterocycles. The first-order chi connectivity index (χ1) is 16.7. The molecule has 0 aliphatic carbocycles. The van der Waals surface area contributed by atoms with Crippen molar-refractivity contribution in [1.82, 2.24) is 10.7 Å². The molecule has 11 nitrogen and oxygen atoms in total. The Bertz CT molecular complexity index is 1380. The summed E-state index contributed by atoms with van der Waals surface area (Å²) in [5.41, 5.74) is 2.90. The molecule has 182 valence electrons. The molecular formula is C23H20N3O8S-. The van der Waals surface area contributed by atoms with Crippen molar-refractivity contribution in [2.24, 2.45) is 5.10 Å². The molecule has 12 heteroatoms. The van der Waals surface area contributed by atoms with E-state index in [1.165, 1.54) is 26.4 Å². The number of hydrogen-bond donors (Lipinski definition) is 2. The topological polar surface area (TPSA) is 159 Å². The molecule has 0 spiro atoms. The lowest BCUT2D eigenvalue weighted by Gasteiger charge is -2.11. The van der Waals surface area contributed by atoms with Gasteiger partial charge >= 0.3 is 0 Å². The van der Waals surface area contributed by atoms with E-state index in [1.807, 2.05) is 0 Å². The summed E-state index contributed by atoms with van der Waals surface area (Å²) in [4.78, 5) is 25.5.